The average molecular weight is 701 g/mol. The minimum absolute atomic E-state index is 0. The molecule has 0 saturated carbocycles. The van der Waals surface area contributed by atoms with E-state index in [9.17, 15) is 0 Å². The van der Waals surface area contributed by atoms with Gasteiger partial charge in [-0.25, -0.2) is 0 Å². The number of hydrogen-bond donors (Lipinski definition) is 0. The number of benzene rings is 2. The summed E-state index contributed by atoms with van der Waals surface area (Å²) in [6.45, 7) is 32.4. The molecule has 0 aromatic heterocycles. The van der Waals surface area contributed by atoms with E-state index in [0.717, 1.165) is 23.1 Å². The number of nitrogens with zero attached hydrogens (tertiary/aromatic N) is 1. The molecule has 0 bridgehead atoms. The molecule has 1 fully saturated rings. The first-order valence-corrected chi connectivity index (χ1v) is 13.7. The normalized spacial score (nSPS) is 19.8. The maximum absolute atomic E-state index is 7.50. The molecule has 5 rings (SSSR count). The van der Waals surface area contributed by atoms with Gasteiger partial charge in [0, 0.05) is 17.4 Å². The maximum atomic E-state index is 7.50. The van der Waals surface area contributed by atoms with Crippen LogP contribution in [0.15, 0.2) is 71.8 Å². The van der Waals surface area contributed by atoms with E-state index in [4.69, 9.17) is 37.5 Å². The van der Waals surface area contributed by atoms with Crippen LogP contribution in [-0.2, 0) is 54.8 Å². The summed E-state index contributed by atoms with van der Waals surface area (Å²) in [6, 6.07) is 21.4. The first kappa shape index (κ1) is 43.2. The molecule has 11 heteroatoms. The number of ether oxygens (including phenoxy) is 3. The Kier molecular flexibility index (Phi) is 22.1. The molecule has 1 spiro atoms. The van der Waals surface area contributed by atoms with Gasteiger partial charge in [-0.15, -0.1) is 0 Å². The van der Waals surface area contributed by atoms with Crippen LogP contribution in [0, 0.1) is 38.7 Å². The summed E-state index contributed by atoms with van der Waals surface area (Å²) in [7, 11) is 0. The summed E-state index contributed by atoms with van der Waals surface area (Å²) in [6.07, 6.45) is 0.876. The third-order valence-corrected chi connectivity index (χ3v) is 7.81. The molecular weight excluding hydrogens is 669 g/mol. The third kappa shape index (κ3) is 8.20. The number of rotatable bonds is 8. The minimum Gasteiger partial charge on any atom is 0 e. The summed E-state index contributed by atoms with van der Waals surface area (Å²) >= 11 is 3.23. The van der Waals surface area contributed by atoms with Crippen LogP contribution in [0.25, 0.3) is 11.3 Å². The van der Waals surface area contributed by atoms with Gasteiger partial charge < -0.3 is 0 Å². The molecule has 2 aliphatic heterocycles. The van der Waals surface area contributed by atoms with E-state index < -0.39 is 5.72 Å². The van der Waals surface area contributed by atoms with Crippen molar-refractivity contribution in [3.05, 3.63) is 116 Å². The summed E-state index contributed by atoms with van der Waals surface area (Å²) in [5.74, 6) is 0. The molecule has 2 aromatic carbocycles. The Morgan fingerprint density at radius 3 is 1.82 bits per heavy atom. The fourth-order valence-electron chi connectivity index (χ4n) is 6.00. The van der Waals surface area contributed by atoms with Gasteiger partial charge in [-0.1, -0.05) is 0 Å². The van der Waals surface area contributed by atoms with Gasteiger partial charge >= 0.3 is 261 Å². The Labute approximate surface area is 277 Å². The second kappa shape index (κ2) is 22.6. The Bertz CT molecular complexity index is 1320. The van der Waals surface area contributed by atoms with E-state index in [1.165, 1.54) is 28.0 Å². The van der Waals surface area contributed by atoms with Crippen molar-refractivity contribution in [1.29, 1.82) is 0 Å². The molecule has 3 aliphatic rings. The van der Waals surface area contributed by atoms with Crippen molar-refractivity contribution in [3.8, 4) is 0 Å². The number of hydrogen-bond acceptors (Lipinski definition) is 4. The molecule has 1 aliphatic carbocycles. The van der Waals surface area contributed by atoms with Crippen molar-refractivity contribution in [3.63, 3.8) is 0 Å². The molecule has 1 saturated heterocycles. The van der Waals surface area contributed by atoms with Gasteiger partial charge in [0.2, 0.25) is 0 Å². The molecule has 2 unspecified atom stereocenters. The zero-order valence-electron chi connectivity index (χ0n) is 24.5. The topological polar surface area (TPSA) is 130 Å². The summed E-state index contributed by atoms with van der Waals surface area (Å²) < 4.78 is 57.2. The molecule has 228 valence electrons. The standard InChI is InChI=1S/C28H31NO3Se.5CO.Cr/c1-4-30-19-22-18-27(3)23(20-12-8-6-9-13-20)24(26(33)31-5-2)28(27)29(16-17-32-28)25(22)21-14-10-7-11-15-21;5*1-2;/h6-15H,4-5,16-19H2,1-3H3;;;;;;. The quantitative estimate of drug-likeness (QED) is 0.228. The van der Waals surface area contributed by atoms with Crippen molar-refractivity contribution in [2.24, 2.45) is 5.41 Å². The van der Waals surface area contributed by atoms with E-state index in [2.05, 4.69) is 128 Å². The van der Waals surface area contributed by atoms with Gasteiger partial charge in [-0.05, 0) is 0 Å². The van der Waals surface area contributed by atoms with Crippen LogP contribution in [0.1, 0.15) is 38.3 Å². The van der Waals surface area contributed by atoms with Crippen molar-refractivity contribution >= 4 is 31.4 Å². The Morgan fingerprint density at radius 1 is 0.841 bits per heavy atom. The van der Waals surface area contributed by atoms with Crippen molar-refractivity contribution in [2.45, 2.75) is 32.9 Å². The van der Waals surface area contributed by atoms with Crippen molar-refractivity contribution < 1.29 is 54.8 Å². The van der Waals surface area contributed by atoms with Gasteiger partial charge in [-0.3, -0.25) is 0 Å². The van der Waals surface area contributed by atoms with Crippen LogP contribution in [0.2, 0.25) is 0 Å². The van der Waals surface area contributed by atoms with Gasteiger partial charge in [0.1, 0.15) is 0 Å². The molecule has 2 atom stereocenters. The Morgan fingerprint density at radius 2 is 1.34 bits per heavy atom. The minimum atomic E-state index is -0.561. The van der Waals surface area contributed by atoms with Crippen LogP contribution in [0.5, 0.6) is 0 Å². The van der Waals surface area contributed by atoms with E-state index in [0.29, 0.717) is 26.4 Å². The fourth-order valence-corrected chi connectivity index (χ4v) is 6.75. The molecule has 2 heterocycles. The molecule has 9 nitrogen and oxygen atoms in total. The molecule has 44 heavy (non-hydrogen) atoms. The predicted molar refractivity (Wildman–Crippen MR) is 153 cm³/mol. The third-order valence-electron chi connectivity index (χ3n) is 7.14. The SMILES string of the molecule is CCOCC1=C(c2ccccc2)N2CCOC23C(C(=[Se])OCC)=C(c2ccccc2)C3(C)C1.[C-]#[O+].[C-]#[O+].[C-]#[O+].[C-]#[O+].[C-]#[O+].[Cr]. The molecule has 0 radical (unpaired) electrons. The summed E-state index contributed by atoms with van der Waals surface area (Å²) in [5.41, 5.74) is 6.67. The Balaban J connectivity index is 0. The first-order chi connectivity index (χ1) is 21.1. The smallest absolute Gasteiger partial charge is 0 e. The molecular formula is C33H31CrNO8Se. The zero-order valence-corrected chi connectivity index (χ0v) is 27.5. The van der Waals surface area contributed by atoms with Crippen molar-refractivity contribution in [2.75, 3.05) is 33.0 Å². The second-order valence-electron chi connectivity index (χ2n) is 8.94. The van der Waals surface area contributed by atoms with Crippen molar-refractivity contribution in [1.82, 2.24) is 4.90 Å². The monoisotopic (exact) mass is 701 g/mol. The van der Waals surface area contributed by atoms with Crippen LogP contribution in [-0.4, -0.2) is 63.8 Å². The van der Waals surface area contributed by atoms with Crippen LogP contribution in [0.3, 0.4) is 0 Å². The summed E-state index contributed by atoms with van der Waals surface area (Å²) in [4.78, 5) is 2.48. The van der Waals surface area contributed by atoms with E-state index in [1.807, 2.05) is 6.92 Å². The van der Waals surface area contributed by atoms with Gasteiger partial charge in [0.25, 0.3) is 0 Å². The molecule has 2 aromatic rings. The van der Waals surface area contributed by atoms with Crippen LogP contribution in [0.4, 0.5) is 0 Å². The van der Waals surface area contributed by atoms with E-state index in [1.54, 1.807) is 0 Å². The largest absolute Gasteiger partial charge is 0 e. The summed E-state index contributed by atoms with van der Waals surface area (Å²) in [5, 5.41) is 0. The maximum Gasteiger partial charge on any atom is 0 e. The van der Waals surface area contributed by atoms with Gasteiger partial charge in [0.15, 0.2) is 0 Å². The van der Waals surface area contributed by atoms with Crippen LogP contribution < -0.4 is 0 Å². The van der Waals surface area contributed by atoms with Gasteiger partial charge in [0.05, 0.1) is 0 Å². The fraction of sp³-hybridized carbons (Fsp3) is 0.333. The molecule has 0 amide bonds. The predicted octanol–water partition coefficient (Wildman–Crippen LogP) is 4.48. The average Bonchev–Trinajstić information content (AvgIpc) is 3.55. The zero-order chi connectivity index (χ0) is 33.1. The van der Waals surface area contributed by atoms with E-state index >= 15 is 0 Å². The van der Waals surface area contributed by atoms with E-state index in [-0.39, 0.29) is 22.8 Å². The Hall–Kier alpha value is -2.94. The van der Waals surface area contributed by atoms with Gasteiger partial charge in [-0.2, -0.15) is 0 Å². The first-order valence-electron chi connectivity index (χ1n) is 12.8. The molecule has 0 N–H and O–H groups in total. The van der Waals surface area contributed by atoms with Crippen LogP contribution >= 0.6 is 0 Å². The second-order valence-corrected chi connectivity index (χ2v) is 9.72.